The molecule has 10 heteroatoms. The zero-order valence-corrected chi connectivity index (χ0v) is 9.86. The van der Waals surface area contributed by atoms with Crippen molar-refractivity contribution in [3.8, 4) is 0 Å². The minimum absolute atomic E-state index is 0.476. The van der Waals surface area contributed by atoms with E-state index in [0.29, 0.717) is 0 Å². The number of carbonyl (C=O) groups is 3. The van der Waals surface area contributed by atoms with Crippen LogP contribution in [-0.2, 0) is 19.1 Å². The first kappa shape index (κ1) is 17.2. The van der Waals surface area contributed by atoms with Crippen LogP contribution in [0, 0.1) is 0 Å². The lowest BCUT2D eigenvalue weighted by Gasteiger charge is -2.24. The highest BCUT2D eigenvalue weighted by atomic mass is 19.4. The maximum Gasteiger partial charge on any atom is 0.490 e. The second kappa shape index (κ2) is 6.92. The summed E-state index contributed by atoms with van der Waals surface area (Å²) in [6.07, 6.45) is -7.38. The highest BCUT2D eigenvalue weighted by molar-refractivity contribution is 5.79. The van der Waals surface area contributed by atoms with Gasteiger partial charge in [-0.05, 0) is 6.92 Å². The molecule has 19 heavy (non-hydrogen) atoms. The van der Waals surface area contributed by atoms with E-state index in [-0.39, 0.29) is 0 Å². The fraction of sp³-hybridized carbons (Fsp3) is 0.667. The summed E-state index contributed by atoms with van der Waals surface area (Å²) in [4.78, 5) is 32.1. The van der Waals surface area contributed by atoms with Gasteiger partial charge in [-0.25, -0.2) is 4.79 Å². The average molecular weight is 286 g/mol. The number of alkyl halides is 3. The Hall–Kier alpha value is -1.84. The fourth-order valence-corrected chi connectivity index (χ4v) is 1.11. The van der Waals surface area contributed by atoms with E-state index in [4.69, 9.17) is 10.8 Å². The monoisotopic (exact) mass is 286 g/mol. The fourth-order valence-electron chi connectivity index (χ4n) is 1.11. The molecule has 2 atom stereocenters. The number of aliphatic carboxylic acids is 1. The van der Waals surface area contributed by atoms with Crippen molar-refractivity contribution in [1.82, 2.24) is 5.32 Å². The summed E-state index contributed by atoms with van der Waals surface area (Å²) >= 11 is 0. The van der Waals surface area contributed by atoms with Crippen LogP contribution < -0.4 is 11.1 Å². The molecule has 7 nitrogen and oxygen atoms in total. The number of esters is 1. The summed E-state index contributed by atoms with van der Waals surface area (Å²) < 4.78 is 39.9. The molecule has 0 rings (SSSR count). The quantitative estimate of drug-likeness (QED) is 0.561. The number of halogens is 3. The molecule has 1 amide bonds. The largest absolute Gasteiger partial charge is 0.490 e. The van der Waals surface area contributed by atoms with E-state index in [1.54, 1.807) is 0 Å². The highest BCUT2D eigenvalue weighted by Gasteiger charge is 2.42. The van der Waals surface area contributed by atoms with E-state index < -0.39 is 49.1 Å². The molecule has 0 saturated heterocycles. The van der Waals surface area contributed by atoms with Crippen molar-refractivity contribution in [3.63, 3.8) is 0 Å². The van der Waals surface area contributed by atoms with Crippen LogP contribution in [0.4, 0.5) is 13.2 Å². The first-order valence-corrected chi connectivity index (χ1v) is 5.07. The number of ether oxygens (including phenoxy) is 1. The van der Waals surface area contributed by atoms with Crippen LogP contribution in [-0.4, -0.2) is 47.8 Å². The van der Waals surface area contributed by atoms with Crippen molar-refractivity contribution in [2.75, 3.05) is 6.54 Å². The van der Waals surface area contributed by atoms with Gasteiger partial charge in [0, 0.05) is 0 Å². The third kappa shape index (κ3) is 6.60. The second-order valence-electron chi connectivity index (χ2n) is 3.58. The zero-order valence-electron chi connectivity index (χ0n) is 9.86. The van der Waals surface area contributed by atoms with E-state index in [0.717, 1.165) is 6.92 Å². The summed E-state index contributed by atoms with van der Waals surface area (Å²) in [6, 6.07) is -1.31. The third-order valence-electron chi connectivity index (χ3n) is 2.02. The van der Waals surface area contributed by atoms with Crippen LogP contribution in [0.5, 0.6) is 0 Å². The Morgan fingerprint density at radius 3 is 2.26 bits per heavy atom. The Bertz CT molecular complexity index is 358. The lowest BCUT2D eigenvalue weighted by atomic mass is 10.1. The molecule has 0 heterocycles. The van der Waals surface area contributed by atoms with Gasteiger partial charge < -0.3 is 20.9 Å². The molecule has 0 bridgehead atoms. The van der Waals surface area contributed by atoms with Crippen molar-refractivity contribution in [2.24, 2.45) is 5.73 Å². The molecular formula is C9H13F3N2O5. The van der Waals surface area contributed by atoms with E-state index in [1.165, 1.54) is 0 Å². The highest BCUT2D eigenvalue weighted by Crippen LogP contribution is 2.18. The number of nitrogens with two attached hydrogens (primary N) is 1. The average Bonchev–Trinajstić information content (AvgIpc) is 2.25. The Labute approximate surface area is 105 Å². The van der Waals surface area contributed by atoms with Crippen molar-refractivity contribution in [3.05, 3.63) is 0 Å². The van der Waals surface area contributed by atoms with E-state index in [9.17, 15) is 27.6 Å². The molecule has 2 unspecified atom stereocenters. The second-order valence-corrected chi connectivity index (χ2v) is 3.58. The lowest BCUT2D eigenvalue weighted by molar-refractivity contribution is -0.205. The van der Waals surface area contributed by atoms with Crippen molar-refractivity contribution in [1.29, 1.82) is 0 Å². The molecule has 0 aliphatic carbocycles. The molecular weight excluding hydrogens is 273 g/mol. The Balaban J connectivity index is 4.71. The molecule has 0 aromatic heterocycles. The molecule has 4 N–H and O–H groups in total. The van der Waals surface area contributed by atoms with E-state index >= 15 is 0 Å². The Kier molecular flexibility index (Phi) is 6.25. The van der Waals surface area contributed by atoms with Crippen molar-refractivity contribution >= 4 is 17.8 Å². The van der Waals surface area contributed by atoms with Gasteiger partial charge >= 0.3 is 18.1 Å². The molecule has 0 spiro atoms. The number of amides is 1. The molecule has 0 radical (unpaired) electrons. The van der Waals surface area contributed by atoms with Crippen LogP contribution in [0.1, 0.15) is 13.3 Å². The summed E-state index contributed by atoms with van der Waals surface area (Å²) in [5.41, 5.74) is 4.97. The summed E-state index contributed by atoms with van der Waals surface area (Å²) in [6.45, 7) is 0.560. The van der Waals surface area contributed by atoms with Gasteiger partial charge in [0.2, 0.25) is 5.91 Å². The summed E-state index contributed by atoms with van der Waals surface area (Å²) in [5, 5.41) is 10.6. The SMILES string of the molecule is CC(OC(=O)C(F)(F)F)C(CC(=O)O)NC(=O)CN. The minimum atomic E-state index is -5.19. The number of carbonyl (C=O) groups excluding carboxylic acids is 2. The number of nitrogens with one attached hydrogen (secondary N) is 1. The maximum atomic E-state index is 12.0. The minimum Gasteiger partial charge on any atom is -0.481 e. The smallest absolute Gasteiger partial charge is 0.481 e. The van der Waals surface area contributed by atoms with Gasteiger partial charge in [-0.2, -0.15) is 13.2 Å². The molecule has 0 aliphatic heterocycles. The number of carboxylic acid groups (broad SMARTS) is 1. The van der Waals surface area contributed by atoms with Gasteiger partial charge in [-0.3, -0.25) is 9.59 Å². The number of rotatable bonds is 6. The van der Waals surface area contributed by atoms with Gasteiger partial charge in [0.15, 0.2) is 0 Å². The van der Waals surface area contributed by atoms with Gasteiger partial charge in [0.1, 0.15) is 6.10 Å². The first-order valence-electron chi connectivity index (χ1n) is 5.07. The van der Waals surface area contributed by atoms with Crippen molar-refractivity contribution in [2.45, 2.75) is 31.7 Å². The summed E-state index contributed by atoms with van der Waals surface area (Å²) in [7, 11) is 0. The zero-order chi connectivity index (χ0) is 15.2. The van der Waals surface area contributed by atoms with Crippen LogP contribution in [0.3, 0.4) is 0 Å². The standard InChI is InChI=1S/C9H13F3N2O5/c1-4(19-8(18)9(10,11)12)5(2-7(16)17)14-6(15)3-13/h4-5H,2-3,13H2,1H3,(H,14,15)(H,16,17). The number of carboxylic acids is 1. The van der Waals surface area contributed by atoms with E-state index in [1.807, 2.05) is 0 Å². The third-order valence-corrected chi connectivity index (χ3v) is 2.02. The molecule has 110 valence electrons. The molecule has 0 saturated carbocycles. The summed E-state index contributed by atoms with van der Waals surface area (Å²) in [5.74, 6) is -4.62. The molecule has 0 fully saturated rings. The Morgan fingerprint density at radius 2 is 1.89 bits per heavy atom. The number of hydrogen-bond donors (Lipinski definition) is 3. The topological polar surface area (TPSA) is 119 Å². The van der Waals surface area contributed by atoms with Crippen LogP contribution >= 0.6 is 0 Å². The predicted molar refractivity (Wildman–Crippen MR) is 54.8 cm³/mol. The first-order chi connectivity index (χ1) is 8.57. The lowest BCUT2D eigenvalue weighted by Crippen LogP contribution is -2.48. The molecule has 0 aromatic rings. The van der Waals surface area contributed by atoms with Crippen LogP contribution in [0.2, 0.25) is 0 Å². The van der Waals surface area contributed by atoms with Crippen molar-refractivity contribution < 1.29 is 37.4 Å². The normalized spacial score (nSPS) is 14.4. The molecule has 0 aliphatic rings. The van der Waals surface area contributed by atoms with Gasteiger partial charge in [0.25, 0.3) is 0 Å². The number of hydrogen-bond acceptors (Lipinski definition) is 5. The van der Waals surface area contributed by atoms with Crippen LogP contribution in [0.15, 0.2) is 0 Å². The van der Waals surface area contributed by atoms with Crippen LogP contribution in [0.25, 0.3) is 0 Å². The van der Waals surface area contributed by atoms with E-state index in [2.05, 4.69) is 10.1 Å². The maximum absolute atomic E-state index is 12.0. The van der Waals surface area contributed by atoms with Gasteiger partial charge in [-0.15, -0.1) is 0 Å². The van der Waals surface area contributed by atoms with Gasteiger partial charge in [0.05, 0.1) is 19.0 Å². The Morgan fingerprint density at radius 1 is 1.37 bits per heavy atom. The molecule has 0 aromatic carbocycles. The predicted octanol–water partition coefficient (Wildman–Crippen LogP) is -0.601. The van der Waals surface area contributed by atoms with Gasteiger partial charge in [-0.1, -0.05) is 0 Å².